The first kappa shape index (κ1) is 16.7. The second-order valence-electron chi connectivity index (χ2n) is 4.11. The van der Waals surface area contributed by atoms with Gasteiger partial charge in [0.15, 0.2) is 5.13 Å². The molecule has 5 nitrogen and oxygen atoms in total. The van der Waals surface area contributed by atoms with Gasteiger partial charge < -0.3 is 15.4 Å². The minimum Gasteiger partial charge on any atom is -0.497 e. The summed E-state index contributed by atoms with van der Waals surface area (Å²) in [6.07, 6.45) is 1.32. The molecule has 110 valence electrons. The molecule has 1 aromatic heterocycles. The molecular weight excluding hydrogens is 298 g/mol. The van der Waals surface area contributed by atoms with Gasteiger partial charge >= 0.3 is 0 Å². The maximum atomic E-state index is 11.7. The molecule has 0 saturated heterocycles. The van der Waals surface area contributed by atoms with E-state index in [1.165, 1.54) is 11.3 Å². The van der Waals surface area contributed by atoms with Gasteiger partial charge in [-0.15, -0.1) is 12.4 Å². The Kier molecular flexibility index (Phi) is 6.70. The number of thiazole rings is 1. The molecule has 0 fully saturated rings. The Balaban J connectivity index is 0.00000200. The van der Waals surface area contributed by atoms with E-state index in [1.807, 2.05) is 25.2 Å². The van der Waals surface area contributed by atoms with Crippen LogP contribution in [0.15, 0.2) is 18.2 Å². The molecule has 20 heavy (non-hydrogen) atoms. The minimum absolute atomic E-state index is 0. The first-order chi connectivity index (χ1) is 9.22. The van der Waals surface area contributed by atoms with Gasteiger partial charge in [0.05, 0.1) is 17.3 Å². The average Bonchev–Trinajstić information content (AvgIpc) is 2.79. The molecule has 0 atom stereocenters. The van der Waals surface area contributed by atoms with E-state index in [2.05, 4.69) is 15.6 Å². The lowest BCUT2D eigenvalue weighted by molar-refractivity contribution is -0.116. The van der Waals surface area contributed by atoms with E-state index in [0.717, 1.165) is 28.9 Å². The van der Waals surface area contributed by atoms with Gasteiger partial charge in [-0.25, -0.2) is 4.98 Å². The first-order valence-electron chi connectivity index (χ1n) is 6.12. The highest BCUT2D eigenvalue weighted by atomic mass is 35.5. The summed E-state index contributed by atoms with van der Waals surface area (Å²) in [4.78, 5) is 16.1. The summed E-state index contributed by atoms with van der Waals surface area (Å²) < 4.78 is 6.17. The number of ether oxygens (including phenoxy) is 1. The van der Waals surface area contributed by atoms with Gasteiger partial charge in [-0.05, 0) is 38.2 Å². The molecule has 0 aliphatic rings. The minimum atomic E-state index is 0. The van der Waals surface area contributed by atoms with E-state index < -0.39 is 0 Å². The molecule has 0 aliphatic carbocycles. The molecule has 2 rings (SSSR count). The van der Waals surface area contributed by atoms with Gasteiger partial charge in [-0.1, -0.05) is 11.3 Å². The Bertz CT molecular complexity index is 574. The highest BCUT2D eigenvalue weighted by Gasteiger charge is 2.08. The van der Waals surface area contributed by atoms with Crippen LogP contribution in [0.2, 0.25) is 0 Å². The number of aromatic nitrogens is 1. The molecule has 7 heteroatoms. The number of hydrogen-bond donors (Lipinski definition) is 2. The molecule has 2 aromatic rings. The van der Waals surface area contributed by atoms with Gasteiger partial charge in [-0.2, -0.15) is 0 Å². The van der Waals surface area contributed by atoms with Crippen LogP contribution in [0, 0.1) is 0 Å². The van der Waals surface area contributed by atoms with Crippen LogP contribution in [0.25, 0.3) is 10.2 Å². The van der Waals surface area contributed by atoms with E-state index in [1.54, 1.807) is 7.11 Å². The zero-order chi connectivity index (χ0) is 13.7. The zero-order valence-electron chi connectivity index (χ0n) is 11.4. The SMILES string of the molecule is CNCCCC(=O)Nc1nc2ccc(OC)cc2s1.Cl. The Morgan fingerprint density at radius 3 is 2.95 bits per heavy atom. The van der Waals surface area contributed by atoms with Crippen molar-refractivity contribution in [1.82, 2.24) is 10.3 Å². The molecule has 0 unspecified atom stereocenters. The van der Waals surface area contributed by atoms with Crippen molar-refractivity contribution in [2.24, 2.45) is 0 Å². The third kappa shape index (κ3) is 4.33. The molecule has 1 amide bonds. The second kappa shape index (κ2) is 8.04. The number of carbonyl (C=O) groups is 1. The molecule has 0 aliphatic heterocycles. The predicted molar refractivity (Wildman–Crippen MR) is 85.2 cm³/mol. The Morgan fingerprint density at radius 1 is 1.45 bits per heavy atom. The standard InChI is InChI=1S/C13H17N3O2S.ClH/c1-14-7-3-4-12(17)16-13-15-10-6-5-9(18-2)8-11(10)19-13;/h5-6,8,14H,3-4,7H2,1-2H3,(H,15,16,17);1H. The Hall–Kier alpha value is -1.37. The summed E-state index contributed by atoms with van der Waals surface area (Å²) in [5.74, 6) is 0.796. The van der Waals surface area contributed by atoms with Crippen molar-refractivity contribution in [2.75, 3.05) is 26.0 Å². The predicted octanol–water partition coefficient (Wildman–Crippen LogP) is 2.66. The van der Waals surface area contributed by atoms with E-state index in [0.29, 0.717) is 11.6 Å². The van der Waals surface area contributed by atoms with Crippen molar-refractivity contribution in [3.63, 3.8) is 0 Å². The highest BCUT2D eigenvalue weighted by Crippen LogP contribution is 2.29. The van der Waals surface area contributed by atoms with Crippen LogP contribution in [0.1, 0.15) is 12.8 Å². The highest BCUT2D eigenvalue weighted by molar-refractivity contribution is 7.22. The van der Waals surface area contributed by atoms with Crippen LogP contribution in [-0.4, -0.2) is 31.6 Å². The lowest BCUT2D eigenvalue weighted by Gasteiger charge is -2.00. The number of nitrogens with one attached hydrogen (secondary N) is 2. The van der Waals surface area contributed by atoms with Crippen molar-refractivity contribution in [3.05, 3.63) is 18.2 Å². The Morgan fingerprint density at radius 2 is 2.25 bits per heavy atom. The summed E-state index contributed by atoms with van der Waals surface area (Å²) in [5, 5.41) is 6.48. The van der Waals surface area contributed by atoms with E-state index in [9.17, 15) is 4.79 Å². The maximum Gasteiger partial charge on any atom is 0.226 e. The Labute approximate surface area is 128 Å². The second-order valence-corrected chi connectivity index (χ2v) is 5.14. The van der Waals surface area contributed by atoms with Crippen LogP contribution in [0.5, 0.6) is 5.75 Å². The number of halogens is 1. The fourth-order valence-electron chi connectivity index (χ4n) is 1.69. The summed E-state index contributed by atoms with van der Waals surface area (Å²) in [6, 6.07) is 5.67. The van der Waals surface area contributed by atoms with Crippen LogP contribution < -0.4 is 15.4 Å². The third-order valence-electron chi connectivity index (χ3n) is 2.67. The van der Waals surface area contributed by atoms with Crippen LogP contribution in [0.3, 0.4) is 0 Å². The number of hydrogen-bond acceptors (Lipinski definition) is 5. The molecule has 0 saturated carbocycles. The molecule has 1 heterocycles. The smallest absolute Gasteiger partial charge is 0.226 e. The molecule has 0 bridgehead atoms. The number of benzene rings is 1. The number of rotatable bonds is 6. The quantitative estimate of drug-likeness (QED) is 0.804. The molecule has 0 radical (unpaired) electrons. The summed E-state index contributed by atoms with van der Waals surface area (Å²) in [6.45, 7) is 0.838. The zero-order valence-corrected chi connectivity index (χ0v) is 13.1. The molecule has 1 aromatic carbocycles. The monoisotopic (exact) mass is 315 g/mol. The lowest BCUT2D eigenvalue weighted by atomic mass is 10.3. The number of fused-ring (bicyclic) bond motifs is 1. The molecule has 2 N–H and O–H groups in total. The number of nitrogens with zero attached hydrogens (tertiary/aromatic N) is 1. The molecule has 0 spiro atoms. The van der Waals surface area contributed by atoms with E-state index in [4.69, 9.17) is 4.74 Å². The topological polar surface area (TPSA) is 63.2 Å². The van der Waals surface area contributed by atoms with Gasteiger partial charge in [0.25, 0.3) is 0 Å². The number of amides is 1. The maximum absolute atomic E-state index is 11.7. The van der Waals surface area contributed by atoms with Crippen molar-refractivity contribution in [1.29, 1.82) is 0 Å². The van der Waals surface area contributed by atoms with E-state index in [-0.39, 0.29) is 18.3 Å². The fraction of sp³-hybridized carbons (Fsp3) is 0.385. The van der Waals surface area contributed by atoms with Crippen molar-refractivity contribution in [2.45, 2.75) is 12.8 Å². The molecular formula is C13H18ClN3O2S. The number of methoxy groups -OCH3 is 1. The van der Waals surface area contributed by atoms with Crippen molar-refractivity contribution >= 4 is 45.0 Å². The van der Waals surface area contributed by atoms with Crippen LogP contribution in [-0.2, 0) is 4.79 Å². The van der Waals surface area contributed by atoms with Crippen LogP contribution in [0.4, 0.5) is 5.13 Å². The van der Waals surface area contributed by atoms with Crippen molar-refractivity contribution in [3.8, 4) is 5.75 Å². The first-order valence-corrected chi connectivity index (χ1v) is 6.93. The summed E-state index contributed by atoms with van der Waals surface area (Å²) in [7, 11) is 3.51. The van der Waals surface area contributed by atoms with Gasteiger partial charge in [0, 0.05) is 6.42 Å². The van der Waals surface area contributed by atoms with Gasteiger partial charge in [-0.3, -0.25) is 4.79 Å². The lowest BCUT2D eigenvalue weighted by Crippen LogP contribution is -2.15. The average molecular weight is 316 g/mol. The van der Waals surface area contributed by atoms with E-state index >= 15 is 0 Å². The summed E-state index contributed by atoms with van der Waals surface area (Å²) in [5.41, 5.74) is 0.872. The number of carbonyl (C=O) groups excluding carboxylic acids is 1. The number of anilines is 1. The van der Waals surface area contributed by atoms with Crippen LogP contribution >= 0.6 is 23.7 Å². The summed E-state index contributed by atoms with van der Waals surface area (Å²) >= 11 is 1.46. The van der Waals surface area contributed by atoms with Gasteiger partial charge in [0.2, 0.25) is 5.91 Å². The fourth-order valence-corrected chi connectivity index (χ4v) is 2.60. The van der Waals surface area contributed by atoms with Crippen molar-refractivity contribution < 1.29 is 9.53 Å². The normalized spacial score (nSPS) is 10.1. The largest absolute Gasteiger partial charge is 0.497 e. The third-order valence-corrected chi connectivity index (χ3v) is 3.61. The van der Waals surface area contributed by atoms with Gasteiger partial charge in [0.1, 0.15) is 5.75 Å².